The fraction of sp³-hybridized carbons (Fsp3) is 0.150. The Bertz CT molecular complexity index is 959. The number of carbonyl (C=O) groups is 1. The van der Waals surface area contributed by atoms with Crippen molar-refractivity contribution in [2.75, 3.05) is 21.3 Å². The molecule has 3 rings (SSSR count). The second kappa shape index (κ2) is 7.62. The lowest BCUT2D eigenvalue weighted by Gasteiger charge is -2.13. The normalized spacial score (nSPS) is 14.4. The Balaban J connectivity index is 1.98. The SMILES string of the molecule is COc1cc(C2=N/C(=C\c3ccc(C#N)cc3)C(=O)O2)cc(OC)c1OC. The molecular weight excluding hydrogens is 348 g/mol. The van der Waals surface area contributed by atoms with Gasteiger partial charge >= 0.3 is 5.97 Å². The highest BCUT2D eigenvalue weighted by Gasteiger charge is 2.26. The van der Waals surface area contributed by atoms with Crippen molar-refractivity contribution in [1.82, 2.24) is 0 Å². The summed E-state index contributed by atoms with van der Waals surface area (Å²) in [7, 11) is 4.51. The third kappa shape index (κ3) is 3.60. The molecule has 0 aromatic heterocycles. The molecule has 1 aliphatic heterocycles. The van der Waals surface area contributed by atoms with Gasteiger partial charge in [0.2, 0.25) is 11.6 Å². The van der Waals surface area contributed by atoms with Gasteiger partial charge in [0.15, 0.2) is 17.2 Å². The topological polar surface area (TPSA) is 90.1 Å². The molecular formula is C20H16N2O5. The molecule has 27 heavy (non-hydrogen) atoms. The van der Waals surface area contributed by atoms with Crippen molar-refractivity contribution >= 4 is 17.9 Å². The van der Waals surface area contributed by atoms with Crippen molar-refractivity contribution in [2.45, 2.75) is 0 Å². The Morgan fingerprint density at radius 1 is 1.04 bits per heavy atom. The Morgan fingerprint density at radius 3 is 2.19 bits per heavy atom. The molecule has 2 aromatic carbocycles. The van der Waals surface area contributed by atoms with Crippen LogP contribution in [0.1, 0.15) is 16.7 Å². The van der Waals surface area contributed by atoms with Gasteiger partial charge in [-0.05, 0) is 35.9 Å². The number of hydrogen-bond donors (Lipinski definition) is 0. The van der Waals surface area contributed by atoms with Crippen LogP contribution in [0.3, 0.4) is 0 Å². The molecule has 1 heterocycles. The maximum absolute atomic E-state index is 12.2. The minimum atomic E-state index is -0.567. The zero-order valence-electron chi connectivity index (χ0n) is 15.0. The molecule has 0 bridgehead atoms. The van der Waals surface area contributed by atoms with Gasteiger partial charge in [-0.1, -0.05) is 12.1 Å². The molecule has 0 saturated carbocycles. The maximum atomic E-state index is 12.2. The molecule has 0 N–H and O–H groups in total. The van der Waals surface area contributed by atoms with Crippen LogP contribution < -0.4 is 14.2 Å². The van der Waals surface area contributed by atoms with E-state index in [1.54, 1.807) is 42.5 Å². The second-order valence-corrected chi connectivity index (χ2v) is 5.48. The summed E-state index contributed by atoms with van der Waals surface area (Å²) in [5, 5.41) is 8.85. The minimum absolute atomic E-state index is 0.138. The van der Waals surface area contributed by atoms with Crippen LogP contribution in [0.5, 0.6) is 17.2 Å². The molecule has 0 amide bonds. The largest absolute Gasteiger partial charge is 0.493 e. The van der Waals surface area contributed by atoms with Crippen LogP contribution in [0.15, 0.2) is 47.1 Å². The quantitative estimate of drug-likeness (QED) is 0.598. The molecule has 0 saturated heterocycles. The average molecular weight is 364 g/mol. The highest BCUT2D eigenvalue weighted by molar-refractivity contribution is 6.13. The van der Waals surface area contributed by atoms with E-state index in [4.69, 9.17) is 24.2 Å². The molecule has 0 unspecified atom stereocenters. The van der Waals surface area contributed by atoms with Gasteiger partial charge in [0.1, 0.15) is 0 Å². The number of benzene rings is 2. The lowest BCUT2D eigenvalue weighted by Crippen LogP contribution is -2.06. The number of cyclic esters (lactones) is 1. The molecule has 0 radical (unpaired) electrons. The van der Waals surface area contributed by atoms with Gasteiger partial charge in [0, 0.05) is 5.56 Å². The van der Waals surface area contributed by atoms with Crippen molar-refractivity contribution in [2.24, 2.45) is 4.99 Å². The summed E-state index contributed by atoms with van der Waals surface area (Å²) in [5.41, 5.74) is 1.94. The summed E-state index contributed by atoms with van der Waals surface area (Å²) >= 11 is 0. The van der Waals surface area contributed by atoms with Gasteiger partial charge < -0.3 is 18.9 Å². The van der Waals surface area contributed by atoms with Gasteiger partial charge in [0.25, 0.3) is 0 Å². The molecule has 0 fully saturated rings. The first-order valence-corrected chi connectivity index (χ1v) is 7.92. The Hall–Kier alpha value is -3.79. The number of nitriles is 1. The fourth-order valence-electron chi connectivity index (χ4n) is 2.55. The first-order chi connectivity index (χ1) is 13.1. The Kier molecular flexibility index (Phi) is 5.08. The van der Waals surface area contributed by atoms with Crippen LogP contribution in [0, 0.1) is 11.3 Å². The minimum Gasteiger partial charge on any atom is -0.493 e. The monoisotopic (exact) mass is 364 g/mol. The molecule has 136 valence electrons. The molecule has 0 atom stereocenters. The van der Waals surface area contributed by atoms with E-state index in [9.17, 15) is 4.79 Å². The number of carbonyl (C=O) groups excluding carboxylic acids is 1. The molecule has 2 aromatic rings. The summed E-state index contributed by atoms with van der Waals surface area (Å²) in [6.45, 7) is 0. The lowest BCUT2D eigenvalue weighted by molar-refractivity contribution is -0.129. The van der Waals surface area contributed by atoms with E-state index < -0.39 is 5.97 Å². The van der Waals surface area contributed by atoms with E-state index in [-0.39, 0.29) is 11.6 Å². The standard InChI is InChI=1S/C20H16N2O5/c1-24-16-9-14(10-17(25-2)18(16)26-3)19-22-15(20(23)27-19)8-12-4-6-13(11-21)7-5-12/h4-10H,1-3H3/b15-8-. The number of aliphatic imine (C=N–C) groups is 1. The first kappa shape index (κ1) is 18.0. The summed E-state index contributed by atoms with van der Waals surface area (Å²) in [5.74, 6) is 0.856. The fourth-order valence-corrected chi connectivity index (χ4v) is 2.55. The van der Waals surface area contributed by atoms with Crippen LogP contribution in [-0.2, 0) is 9.53 Å². The summed E-state index contributed by atoms with van der Waals surface area (Å²) in [6.07, 6.45) is 1.59. The van der Waals surface area contributed by atoms with Crippen LogP contribution in [-0.4, -0.2) is 33.2 Å². The van der Waals surface area contributed by atoms with Gasteiger partial charge in [0.05, 0.1) is 33.0 Å². The average Bonchev–Trinajstić information content (AvgIpc) is 3.07. The second-order valence-electron chi connectivity index (χ2n) is 5.48. The van der Waals surface area contributed by atoms with Crippen molar-refractivity contribution in [3.8, 4) is 23.3 Å². The maximum Gasteiger partial charge on any atom is 0.363 e. The van der Waals surface area contributed by atoms with E-state index in [1.165, 1.54) is 21.3 Å². The number of methoxy groups -OCH3 is 3. The molecule has 0 spiro atoms. The van der Waals surface area contributed by atoms with Crippen LogP contribution in [0.4, 0.5) is 0 Å². The van der Waals surface area contributed by atoms with E-state index in [1.807, 2.05) is 6.07 Å². The van der Waals surface area contributed by atoms with Crippen molar-refractivity contribution in [3.63, 3.8) is 0 Å². The predicted molar refractivity (Wildman–Crippen MR) is 97.9 cm³/mol. The first-order valence-electron chi connectivity index (χ1n) is 7.92. The van der Waals surface area contributed by atoms with Crippen LogP contribution in [0.25, 0.3) is 6.08 Å². The summed E-state index contributed by atoms with van der Waals surface area (Å²) < 4.78 is 21.2. The molecule has 1 aliphatic rings. The lowest BCUT2D eigenvalue weighted by atomic mass is 10.1. The van der Waals surface area contributed by atoms with Crippen molar-refractivity contribution < 1.29 is 23.7 Å². The highest BCUT2D eigenvalue weighted by Crippen LogP contribution is 2.39. The van der Waals surface area contributed by atoms with Gasteiger partial charge in [-0.3, -0.25) is 0 Å². The summed E-state index contributed by atoms with van der Waals surface area (Å²) in [6, 6.07) is 12.1. The molecule has 7 heteroatoms. The van der Waals surface area contributed by atoms with E-state index >= 15 is 0 Å². The number of nitrogens with zero attached hydrogens (tertiary/aromatic N) is 2. The molecule has 0 aliphatic carbocycles. The van der Waals surface area contributed by atoms with Gasteiger partial charge in [-0.2, -0.15) is 5.26 Å². The highest BCUT2D eigenvalue weighted by atomic mass is 16.6. The zero-order chi connectivity index (χ0) is 19.4. The number of ether oxygens (including phenoxy) is 4. The van der Waals surface area contributed by atoms with Crippen LogP contribution in [0.2, 0.25) is 0 Å². The summed E-state index contributed by atoms with van der Waals surface area (Å²) in [4.78, 5) is 16.4. The Labute approximate surface area is 156 Å². The van der Waals surface area contributed by atoms with E-state index in [0.717, 1.165) is 5.56 Å². The van der Waals surface area contributed by atoms with Crippen LogP contribution >= 0.6 is 0 Å². The molecule has 7 nitrogen and oxygen atoms in total. The van der Waals surface area contributed by atoms with Crippen molar-refractivity contribution in [3.05, 3.63) is 58.8 Å². The third-order valence-electron chi connectivity index (χ3n) is 3.88. The van der Waals surface area contributed by atoms with Crippen molar-refractivity contribution in [1.29, 1.82) is 5.26 Å². The number of esters is 1. The van der Waals surface area contributed by atoms with E-state index in [0.29, 0.717) is 28.4 Å². The van der Waals surface area contributed by atoms with Gasteiger partial charge in [-0.15, -0.1) is 0 Å². The predicted octanol–water partition coefficient (Wildman–Crippen LogP) is 2.93. The van der Waals surface area contributed by atoms with Gasteiger partial charge in [-0.25, -0.2) is 9.79 Å². The zero-order valence-corrected chi connectivity index (χ0v) is 15.0. The Morgan fingerprint density at radius 2 is 1.67 bits per heavy atom. The van der Waals surface area contributed by atoms with E-state index in [2.05, 4.69) is 4.99 Å². The number of rotatable bonds is 5. The number of hydrogen-bond acceptors (Lipinski definition) is 7. The smallest absolute Gasteiger partial charge is 0.363 e. The third-order valence-corrected chi connectivity index (χ3v) is 3.88.